The van der Waals surface area contributed by atoms with Crippen molar-refractivity contribution in [3.8, 4) is 0 Å². The van der Waals surface area contributed by atoms with Crippen LogP contribution in [0.25, 0.3) is 0 Å². The zero-order valence-corrected chi connectivity index (χ0v) is 13.4. The molecule has 1 atom stereocenters. The molecule has 1 aromatic rings. The first-order valence-corrected chi connectivity index (χ1v) is 7.41. The van der Waals surface area contributed by atoms with Crippen LogP contribution in [0.15, 0.2) is 12.1 Å². The number of amides is 1. The van der Waals surface area contributed by atoms with Crippen LogP contribution in [0.5, 0.6) is 0 Å². The Balaban J connectivity index is 1.77. The second-order valence-corrected chi connectivity index (χ2v) is 6.53. The zero-order valence-electron chi connectivity index (χ0n) is 12.6. The van der Waals surface area contributed by atoms with Crippen LogP contribution in [0.1, 0.15) is 32.9 Å². The molecular weight excluding hydrogens is 292 g/mol. The number of carbonyl (C=O) groups excluding carboxylic acids is 1. The van der Waals surface area contributed by atoms with Gasteiger partial charge in [-0.3, -0.25) is 0 Å². The first-order valence-electron chi connectivity index (χ1n) is 7.03. The Bertz CT molecular complexity index is 487. The van der Waals surface area contributed by atoms with E-state index in [1.54, 1.807) is 11.0 Å². The fraction of sp³-hybridized carbons (Fsp3) is 0.643. The van der Waals surface area contributed by atoms with E-state index in [1.807, 2.05) is 26.8 Å². The van der Waals surface area contributed by atoms with Gasteiger partial charge in [0.25, 0.3) is 0 Å². The van der Waals surface area contributed by atoms with Gasteiger partial charge in [0, 0.05) is 25.7 Å². The summed E-state index contributed by atoms with van der Waals surface area (Å²) in [5.41, 5.74) is 0.372. The molecular formula is C14H21ClN4O2. The number of ether oxygens (including phenoxy) is 1. The lowest BCUT2D eigenvalue weighted by Crippen LogP contribution is -2.38. The molecule has 1 fully saturated rings. The molecule has 21 heavy (non-hydrogen) atoms. The Hall–Kier alpha value is -1.40. The Morgan fingerprint density at radius 1 is 1.48 bits per heavy atom. The van der Waals surface area contributed by atoms with Gasteiger partial charge in [-0.2, -0.15) is 5.10 Å². The van der Waals surface area contributed by atoms with E-state index < -0.39 is 5.60 Å². The number of hydrogen-bond donors (Lipinski definition) is 1. The van der Waals surface area contributed by atoms with Gasteiger partial charge in [-0.25, -0.2) is 4.79 Å². The molecule has 116 valence electrons. The number of likely N-dealkylation sites (tertiary alicyclic amines) is 1. The molecule has 1 saturated heterocycles. The molecule has 0 spiro atoms. The number of nitrogens with one attached hydrogen (secondary N) is 1. The summed E-state index contributed by atoms with van der Waals surface area (Å²) in [7, 11) is 0. The van der Waals surface area contributed by atoms with Crippen molar-refractivity contribution in [1.82, 2.24) is 20.4 Å². The standard InChI is InChI=1S/C14H21ClN4O2/c1-14(2,3)21-13(20)19-7-6-11(9-19)16-8-10-4-5-12(15)18-17-10/h4-5,11,16H,6-9H2,1-3H3. The highest BCUT2D eigenvalue weighted by Gasteiger charge is 2.29. The van der Waals surface area contributed by atoms with E-state index >= 15 is 0 Å². The summed E-state index contributed by atoms with van der Waals surface area (Å²) in [5.74, 6) is 0. The molecule has 1 N–H and O–H groups in total. The lowest BCUT2D eigenvalue weighted by molar-refractivity contribution is 0.0291. The van der Waals surface area contributed by atoms with Crippen LogP contribution in [-0.4, -0.2) is 45.9 Å². The van der Waals surface area contributed by atoms with Crippen LogP contribution in [-0.2, 0) is 11.3 Å². The molecule has 7 heteroatoms. The number of carbonyl (C=O) groups is 1. The molecule has 0 radical (unpaired) electrons. The maximum atomic E-state index is 12.0. The van der Waals surface area contributed by atoms with Crippen LogP contribution in [0.2, 0.25) is 5.15 Å². The van der Waals surface area contributed by atoms with Gasteiger partial charge in [0.15, 0.2) is 5.15 Å². The average Bonchev–Trinajstić information content (AvgIpc) is 2.85. The van der Waals surface area contributed by atoms with Crippen molar-refractivity contribution in [2.75, 3.05) is 13.1 Å². The fourth-order valence-corrected chi connectivity index (χ4v) is 2.21. The summed E-state index contributed by atoms with van der Waals surface area (Å²) in [5, 5.41) is 11.5. The second kappa shape index (κ2) is 6.58. The highest BCUT2D eigenvalue weighted by Crippen LogP contribution is 2.15. The van der Waals surface area contributed by atoms with Gasteiger partial charge in [0.2, 0.25) is 0 Å². The predicted molar refractivity (Wildman–Crippen MR) is 80.1 cm³/mol. The normalized spacial score (nSPS) is 18.9. The van der Waals surface area contributed by atoms with Gasteiger partial charge >= 0.3 is 6.09 Å². The topological polar surface area (TPSA) is 67.3 Å². The third-order valence-electron chi connectivity index (χ3n) is 3.10. The molecule has 0 aliphatic carbocycles. The lowest BCUT2D eigenvalue weighted by Gasteiger charge is -2.24. The largest absolute Gasteiger partial charge is 0.444 e. The van der Waals surface area contributed by atoms with Crippen LogP contribution < -0.4 is 5.32 Å². The first kappa shape index (κ1) is 16.0. The summed E-state index contributed by atoms with van der Waals surface area (Å²) in [6.45, 7) is 7.58. The third kappa shape index (κ3) is 5.13. The summed E-state index contributed by atoms with van der Waals surface area (Å²) in [4.78, 5) is 13.7. The molecule has 2 heterocycles. The molecule has 1 amide bonds. The number of nitrogens with zero attached hydrogens (tertiary/aromatic N) is 3. The van der Waals surface area contributed by atoms with E-state index in [1.165, 1.54) is 0 Å². The Kier molecular flexibility index (Phi) is 5.00. The van der Waals surface area contributed by atoms with Crippen molar-refractivity contribution in [3.63, 3.8) is 0 Å². The SMILES string of the molecule is CC(C)(C)OC(=O)N1CCC(NCc2ccc(Cl)nn2)C1. The van der Waals surface area contributed by atoms with Crippen LogP contribution >= 0.6 is 11.6 Å². The maximum Gasteiger partial charge on any atom is 0.410 e. The number of halogens is 1. The van der Waals surface area contributed by atoms with Crippen LogP contribution in [0.3, 0.4) is 0 Å². The molecule has 0 aromatic carbocycles. The summed E-state index contributed by atoms with van der Waals surface area (Å²) >= 11 is 5.69. The van der Waals surface area contributed by atoms with E-state index in [9.17, 15) is 4.79 Å². The first-order chi connectivity index (χ1) is 9.83. The van der Waals surface area contributed by atoms with E-state index in [0.29, 0.717) is 24.8 Å². The van der Waals surface area contributed by atoms with Crippen molar-refractivity contribution in [3.05, 3.63) is 23.0 Å². The highest BCUT2D eigenvalue weighted by molar-refractivity contribution is 6.29. The van der Waals surface area contributed by atoms with E-state index in [2.05, 4.69) is 15.5 Å². The van der Waals surface area contributed by atoms with E-state index in [-0.39, 0.29) is 12.1 Å². The number of aromatic nitrogens is 2. The molecule has 1 aliphatic rings. The summed E-state index contributed by atoms with van der Waals surface area (Å²) in [6, 6.07) is 3.80. The zero-order chi connectivity index (χ0) is 15.5. The predicted octanol–water partition coefficient (Wildman–Crippen LogP) is 2.23. The molecule has 6 nitrogen and oxygen atoms in total. The summed E-state index contributed by atoms with van der Waals surface area (Å²) < 4.78 is 5.37. The fourth-order valence-electron chi connectivity index (χ4n) is 2.11. The number of hydrogen-bond acceptors (Lipinski definition) is 5. The molecule has 0 saturated carbocycles. The monoisotopic (exact) mass is 312 g/mol. The minimum atomic E-state index is -0.457. The summed E-state index contributed by atoms with van der Waals surface area (Å²) in [6.07, 6.45) is 0.651. The highest BCUT2D eigenvalue weighted by atomic mass is 35.5. The average molecular weight is 313 g/mol. The van der Waals surface area contributed by atoms with E-state index in [0.717, 1.165) is 12.1 Å². The minimum absolute atomic E-state index is 0.245. The van der Waals surface area contributed by atoms with Gasteiger partial charge in [-0.15, -0.1) is 5.10 Å². The molecule has 1 aliphatic heterocycles. The quantitative estimate of drug-likeness (QED) is 0.927. The number of rotatable bonds is 3. The van der Waals surface area contributed by atoms with Crippen molar-refractivity contribution in [2.45, 2.75) is 45.4 Å². The van der Waals surface area contributed by atoms with Crippen molar-refractivity contribution >= 4 is 17.7 Å². The maximum absolute atomic E-state index is 12.0. The smallest absolute Gasteiger partial charge is 0.410 e. The lowest BCUT2D eigenvalue weighted by atomic mass is 10.2. The van der Waals surface area contributed by atoms with Gasteiger partial charge in [-0.05, 0) is 39.3 Å². The van der Waals surface area contributed by atoms with Gasteiger partial charge < -0.3 is 15.0 Å². The Morgan fingerprint density at radius 3 is 2.86 bits per heavy atom. The van der Waals surface area contributed by atoms with Crippen molar-refractivity contribution < 1.29 is 9.53 Å². The second-order valence-electron chi connectivity index (χ2n) is 6.14. The van der Waals surface area contributed by atoms with Gasteiger partial charge in [0.1, 0.15) is 5.60 Å². The molecule has 2 rings (SSSR count). The van der Waals surface area contributed by atoms with Crippen molar-refractivity contribution in [1.29, 1.82) is 0 Å². The van der Waals surface area contributed by atoms with E-state index in [4.69, 9.17) is 16.3 Å². The molecule has 0 bridgehead atoms. The Labute approximate surface area is 129 Å². The minimum Gasteiger partial charge on any atom is -0.444 e. The van der Waals surface area contributed by atoms with Gasteiger partial charge in [-0.1, -0.05) is 11.6 Å². The van der Waals surface area contributed by atoms with Crippen LogP contribution in [0, 0.1) is 0 Å². The molecule has 1 unspecified atom stereocenters. The van der Waals surface area contributed by atoms with Crippen LogP contribution in [0.4, 0.5) is 4.79 Å². The molecule has 1 aromatic heterocycles. The van der Waals surface area contributed by atoms with Gasteiger partial charge in [0.05, 0.1) is 5.69 Å². The third-order valence-corrected chi connectivity index (χ3v) is 3.30. The van der Waals surface area contributed by atoms with Crippen molar-refractivity contribution in [2.24, 2.45) is 0 Å². The Morgan fingerprint density at radius 2 is 2.24 bits per heavy atom.